The Hall–Kier alpha value is -2.30. The number of aromatic nitrogens is 1. The average Bonchev–Trinajstić information content (AvgIpc) is 2.53. The van der Waals surface area contributed by atoms with Gasteiger partial charge in [0.2, 0.25) is 0 Å². The molecule has 3 aromatic rings. The zero-order valence-electron chi connectivity index (χ0n) is 13.6. The van der Waals surface area contributed by atoms with Crippen LogP contribution in [-0.2, 0) is 0 Å². The van der Waals surface area contributed by atoms with E-state index >= 15 is 0 Å². The standard InChI is InChI=1S/C19H15Cl2NO3/c1-10(2)25-18-16(11-4-3-5-12(20)8-11)14-9-13(21)6-7-15(14)22-17(18)19(23)24/h3-10H,1-2H3,(H,23,24). The van der Waals surface area contributed by atoms with E-state index in [4.69, 9.17) is 27.9 Å². The van der Waals surface area contributed by atoms with E-state index in [0.717, 1.165) is 5.56 Å². The topological polar surface area (TPSA) is 59.4 Å². The largest absolute Gasteiger partial charge is 0.488 e. The minimum atomic E-state index is -1.16. The van der Waals surface area contributed by atoms with E-state index in [-0.39, 0.29) is 17.5 Å². The van der Waals surface area contributed by atoms with Crippen molar-refractivity contribution in [2.45, 2.75) is 20.0 Å². The molecule has 4 nitrogen and oxygen atoms in total. The molecule has 3 rings (SSSR count). The Morgan fingerprint density at radius 1 is 1.12 bits per heavy atom. The summed E-state index contributed by atoms with van der Waals surface area (Å²) in [5.41, 5.74) is 1.73. The lowest BCUT2D eigenvalue weighted by atomic mass is 9.98. The number of hydrogen-bond acceptors (Lipinski definition) is 3. The molecule has 6 heteroatoms. The minimum absolute atomic E-state index is 0.140. The van der Waals surface area contributed by atoms with Gasteiger partial charge in [-0.15, -0.1) is 0 Å². The van der Waals surface area contributed by atoms with Gasteiger partial charge in [-0.3, -0.25) is 0 Å². The third-order valence-corrected chi connectivity index (χ3v) is 4.04. The smallest absolute Gasteiger partial charge is 0.358 e. The molecule has 0 amide bonds. The van der Waals surface area contributed by atoms with Gasteiger partial charge in [0.05, 0.1) is 11.6 Å². The van der Waals surface area contributed by atoms with Crippen LogP contribution in [0.2, 0.25) is 10.0 Å². The molecule has 1 N–H and O–H groups in total. The van der Waals surface area contributed by atoms with Crippen molar-refractivity contribution in [1.82, 2.24) is 4.98 Å². The molecule has 0 aliphatic rings. The predicted octanol–water partition coefficient (Wildman–Crippen LogP) is 5.69. The van der Waals surface area contributed by atoms with Gasteiger partial charge < -0.3 is 9.84 Å². The molecule has 1 aromatic heterocycles. The molecule has 1 heterocycles. The van der Waals surface area contributed by atoms with Gasteiger partial charge in [-0.05, 0) is 49.7 Å². The average molecular weight is 376 g/mol. The first-order valence-electron chi connectivity index (χ1n) is 7.66. The summed E-state index contributed by atoms with van der Waals surface area (Å²) in [4.78, 5) is 16.0. The van der Waals surface area contributed by atoms with E-state index in [1.807, 2.05) is 19.9 Å². The van der Waals surface area contributed by atoms with E-state index < -0.39 is 5.97 Å². The van der Waals surface area contributed by atoms with Crippen LogP contribution in [-0.4, -0.2) is 22.2 Å². The van der Waals surface area contributed by atoms with Gasteiger partial charge in [0.1, 0.15) is 0 Å². The number of ether oxygens (including phenoxy) is 1. The summed E-state index contributed by atoms with van der Waals surface area (Å²) in [6.07, 6.45) is -0.227. The van der Waals surface area contributed by atoms with Crippen LogP contribution in [0.1, 0.15) is 24.3 Å². The monoisotopic (exact) mass is 375 g/mol. The van der Waals surface area contributed by atoms with Crippen LogP contribution >= 0.6 is 23.2 Å². The third-order valence-electron chi connectivity index (χ3n) is 3.57. The van der Waals surface area contributed by atoms with Gasteiger partial charge >= 0.3 is 5.97 Å². The van der Waals surface area contributed by atoms with E-state index in [0.29, 0.717) is 26.5 Å². The van der Waals surface area contributed by atoms with Crippen LogP contribution < -0.4 is 4.74 Å². The Labute approximate surface area is 155 Å². The van der Waals surface area contributed by atoms with E-state index in [9.17, 15) is 9.90 Å². The van der Waals surface area contributed by atoms with Crippen molar-refractivity contribution in [3.05, 3.63) is 58.2 Å². The van der Waals surface area contributed by atoms with Crippen LogP contribution in [0.4, 0.5) is 0 Å². The number of pyridine rings is 1. The Bertz CT molecular complexity index is 970. The fourth-order valence-electron chi connectivity index (χ4n) is 2.64. The first-order valence-corrected chi connectivity index (χ1v) is 8.41. The SMILES string of the molecule is CC(C)Oc1c(C(=O)O)nc2ccc(Cl)cc2c1-c1cccc(Cl)c1. The number of carboxylic acids is 1. The van der Waals surface area contributed by atoms with Crippen molar-refractivity contribution in [3.63, 3.8) is 0 Å². The molecule has 0 aliphatic heterocycles. The first-order chi connectivity index (χ1) is 11.9. The molecule has 0 saturated heterocycles. The predicted molar refractivity (Wildman–Crippen MR) is 99.9 cm³/mol. The highest BCUT2D eigenvalue weighted by atomic mass is 35.5. The molecule has 0 atom stereocenters. The highest BCUT2D eigenvalue weighted by Gasteiger charge is 2.23. The lowest BCUT2D eigenvalue weighted by Gasteiger charge is -2.19. The van der Waals surface area contributed by atoms with Crippen molar-refractivity contribution in [2.75, 3.05) is 0 Å². The van der Waals surface area contributed by atoms with Crippen LogP contribution in [0.15, 0.2) is 42.5 Å². The second-order valence-corrected chi connectivity index (χ2v) is 6.68. The molecule has 0 unspecified atom stereocenters. The van der Waals surface area contributed by atoms with Gasteiger partial charge in [0.25, 0.3) is 0 Å². The summed E-state index contributed by atoms with van der Waals surface area (Å²) in [6.45, 7) is 3.66. The molecule has 0 fully saturated rings. The fourth-order valence-corrected chi connectivity index (χ4v) is 3.01. The fraction of sp³-hybridized carbons (Fsp3) is 0.158. The number of carbonyl (C=O) groups is 1. The van der Waals surface area contributed by atoms with Gasteiger partial charge in [0, 0.05) is 21.0 Å². The molecule has 2 aromatic carbocycles. The highest BCUT2D eigenvalue weighted by molar-refractivity contribution is 6.32. The zero-order chi connectivity index (χ0) is 18.1. The molecule has 0 radical (unpaired) electrons. The summed E-state index contributed by atoms with van der Waals surface area (Å²) >= 11 is 12.3. The molecular weight excluding hydrogens is 361 g/mol. The van der Waals surface area contributed by atoms with Crippen LogP contribution in [0.3, 0.4) is 0 Å². The molecule has 0 saturated carbocycles. The Balaban J connectivity index is 2.47. The van der Waals surface area contributed by atoms with Gasteiger partial charge in [-0.2, -0.15) is 0 Å². The number of fused-ring (bicyclic) bond motifs is 1. The Kier molecular flexibility index (Phi) is 4.84. The summed E-state index contributed by atoms with van der Waals surface area (Å²) in [5.74, 6) is -0.949. The second kappa shape index (κ2) is 6.90. The molecule has 0 bridgehead atoms. The van der Waals surface area contributed by atoms with E-state index in [2.05, 4.69) is 4.98 Å². The number of aromatic carboxylic acids is 1. The van der Waals surface area contributed by atoms with Crippen LogP contribution in [0.5, 0.6) is 5.75 Å². The molecule has 128 valence electrons. The minimum Gasteiger partial charge on any atom is -0.488 e. The van der Waals surface area contributed by atoms with Crippen molar-refractivity contribution < 1.29 is 14.6 Å². The van der Waals surface area contributed by atoms with Crippen molar-refractivity contribution >= 4 is 40.1 Å². The van der Waals surface area contributed by atoms with Gasteiger partial charge in [-0.25, -0.2) is 9.78 Å². The lowest BCUT2D eigenvalue weighted by molar-refractivity contribution is 0.0684. The quantitative estimate of drug-likeness (QED) is 0.635. The Morgan fingerprint density at radius 2 is 1.84 bits per heavy atom. The number of benzene rings is 2. The highest BCUT2D eigenvalue weighted by Crippen LogP contribution is 2.40. The molecule has 25 heavy (non-hydrogen) atoms. The van der Waals surface area contributed by atoms with Gasteiger partial charge in [-0.1, -0.05) is 35.3 Å². The molecule has 0 spiro atoms. The summed E-state index contributed by atoms with van der Waals surface area (Å²) in [7, 11) is 0. The number of rotatable bonds is 4. The van der Waals surface area contributed by atoms with E-state index in [1.54, 1.807) is 36.4 Å². The normalized spacial score (nSPS) is 11.1. The molecule has 0 aliphatic carbocycles. The number of hydrogen-bond donors (Lipinski definition) is 1. The van der Waals surface area contributed by atoms with Crippen LogP contribution in [0, 0.1) is 0 Å². The van der Waals surface area contributed by atoms with Crippen molar-refractivity contribution in [2.24, 2.45) is 0 Å². The van der Waals surface area contributed by atoms with Crippen molar-refractivity contribution in [1.29, 1.82) is 0 Å². The van der Waals surface area contributed by atoms with E-state index in [1.165, 1.54) is 0 Å². The summed E-state index contributed by atoms with van der Waals surface area (Å²) in [5, 5.41) is 11.4. The first kappa shape index (κ1) is 17.5. The second-order valence-electron chi connectivity index (χ2n) is 5.81. The maximum Gasteiger partial charge on any atom is 0.358 e. The number of carboxylic acid groups (broad SMARTS) is 1. The summed E-state index contributed by atoms with van der Waals surface area (Å²) in [6, 6.07) is 12.3. The third kappa shape index (κ3) is 3.55. The summed E-state index contributed by atoms with van der Waals surface area (Å²) < 4.78 is 5.85. The zero-order valence-corrected chi connectivity index (χ0v) is 15.1. The Morgan fingerprint density at radius 3 is 2.48 bits per heavy atom. The van der Waals surface area contributed by atoms with Crippen LogP contribution in [0.25, 0.3) is 22.0 Å². The molecular formula is C19H15Cl2NO3. The van der Waals surface area contributed by atoms with Crippen molar-refractivity contribution in [3.8, 4) is 16.9 Å². The maximum absolute atomic E-state index is 11.8. The number of halogens is 2. The van der Waals surface area contributed by atoms with Gasteiger partial charge in [0.15, 0.2) is 11.4 Å². The lowest BCUT2D eigenvalue weighted by Crippen LogP contribution is -2.13. The maximum atomic E-state index is 11.8. The number of nitrogens with zero attached hydrogens (tertiary/aromatic N) is 1.